The molecular formula is C18H22N2O4S. The van der Waals surface area contributed by atoms with E-state index in [2.05, 4.69) is 5.32 Å². The van der Waals surface area contributed by atoms with Gasteiger partial charge in [-0.2, -0.15) is 0 Å². The van der Waals surface area contributed by atoms with Gasteiger partial charge in [0.15, 0.2) is 6.61 Å². The third-order valence-corrected chi connectivity index (χ3v) is 4.95. The third kappa shape index (κ3) is 5.22. The zero-order valence-corrected chi connectivity index (χ0v) is 15.3. The van der Waals surface area contributed by atoms with Gasteiger partial charge >= 0.3 is 0 Å². The molecule has 6 nitrogen and oxygen atoms in total. The van der Waals surface area contributed by atoms with E-state index in [0.29, 0.717) is 11.4 Å². The topological polar surface area (TPSA) is 75.7 Å². The lowest BCUT2D eigenvalue weighted by molar-refractivity contribution is -0.118. The molecule has 7 heteroatoms. The van der Waals surface area contributed by atoms with Crippen molar-refractivity contribution in [3.05, 3.63) is 54.1 Å². The Morgan fingerprint density at radius 1 is 1.12 bits per heavy atom. The number of sulfonamides is 1. The van der Waals surface area contributed by atoms with E-state index in [1.807, 2.05) is 31.2 Å². The van der Waals surface area contributed by atoms with E-state index in [-0.39, 0.29) is 12.5 Å². The number of aryl methyl sites for hydroxylation is 1. The second-order valence-corrected chi connectivity index (χ2v) is 7.59. The number of carbonyl (C=O) groups is 1. The maximum absolute atomic E-state index is 12.0. The highest BCUT2D eigenvalue weighted by Crippen LogP contribution is 2.20. The summed E-state index contributed by atoms with van der Waals surface area (Å²) in [6, 6.07) is 14.1. The fourth-order valence-corrected chi connectivity index (χ4v) is 2.73. The molecule has 0 aromatic heterocycles. The van der Waals surface area contributed by atoms with Crippen LogP contribution < -0.4 is 14.4 Å². The van der Waals surface area contributed by atoms with Crippen molar-refractivity contribution in [3.63, 3.8) is 0 Å². The molecule has 0 fully saturated rings. The largest absolute Gasteiger partial charge is 0.484 e. The number of hydrogen-bond donors (Lipinski definition) is 1. The molecule has 0 radical (unpaired) electrons. The van der Waals surface area contributed by atoms with Crippen molar-refractivity contribution in [1.29, 1.82) is 0 Å². The van der Waals surface area contributed by atoms with Crippen molar-refractivity contribution in [2.24, 2.45) is 0 Å². The zero-order valence-electron chi connectivity index (χ0n) is 14.5. The van der Waals surface area contributed by atoms with Crippen molar-refractivity contribution >= 4 is 27.3 Å². The van der Waals surface area contributed by atoms with E-state index in [4.69, 9.17) is 4.74 Å². The van der Waals surface area contributed by atoms with E-state index < -0.39 is 10.0 Å². The average Bonchev–Trinajstić information content (AvgIpc) is 2.59. The van der Waals surface area contributed by atoms with Gasteiger partial charge in [0.05, 0.1) is 11.9 Å². The lowest BCUT2D eigenvalue weighted by Crippen LogP contribution is -2.24. The summed E-state index contributed by atoms with van der Waals surface area (Å²) in [5.41, 5.74) is 2.36. The molecule has 25 heavy (non-hydrogen) atoms. The van der Waals surface area contributed by atoms with Gasteiger partial charge < -0.3 is 10.1 Å². The van der Waals surface area contributed by atoms with Crippen LogP contribution in [0.3, 0.4) is 0 Å². The SMILES string of the molecule is CCc1ccccc1NC(=O)COc1ccc(N(C)S(C)(=O)=O)cc1. The number of rotatable bonds is 7. The molecule has 0 saturated heterocycles. The minimum absolute atomic E-state index is 0.126. The van der Waals surface area contributed by atoms with Crippen LogP contribution in [0.2, 0.25) is 0 Å². The minimum atomic E-state index is -3.31. The molecule has 1 N–H and O–H groups in total. The number of nitrogens with one attached hydrogen (secondary N) is 1. The molecule has 0 saturated carbocycles. The Morgan fingerprint density at radius 2 is 1.76 bits per heavy atom. The first kappa shape index (κ1) is 18.8. The average molecular weight is 362 g/mol. The Bertz CT molecular complexity index is 832. The number of nitrogens with zero attached hydrogens (tertiary/aromatic N) is 1. The Kier molecular flexibility index (Phi) is 6.03. The van der Waals surface area contributed by atoms with Crippen LogP contribution in [0.5, 0.6) is 5.75 Å². The highest BCUT2D eigenvalue weighted by Gasteiger charge is 2.12. The maximum Gasteiger partial charge on any atom is 0.262 e. The van der Waals surface area contributed by atoms with Crippen LogP contribution in [-0.4, -0.2) is 34.2 Å². The van der Waals surface area contributed by atoms with E-state index in [9.17, 15) is 13.2 Å². The molecule has 2 aromatic rings. The Labute approximate surface area is 148 Å². The molecule has 0 atom stereocenters. The van der Waals surface area contributed by atoms with Crippen molar-refractivity contribution in [2.45, 2.75) is 13.3 Å². The fourth-order valence-electron chi connectivity index (χ4n) is 2.23. The summed E-state index contributed by atoms with van der Waals surface area (Å²) in [5.74, 6) is 0.239. The second-order valence-electron chi connectivity index (χ2n) is 5.57. The number of hydrogen-bond acceptors (Lipinski definition) is 4. The van der Waals surface area contributed by atoms with Gasteiger partial charge in [-0.25, -0.2) is 8.42 Å². The first-order chi connectivity index (χ1) is 11.8. The summed E-state index contributed by atoms with van der Waals surface area (Å²) in [7, 11) is -1.83. The Hall–Kier alpha value is -2.54. The number of para-hydroxylation sites is 1. The predicted molar refractivity (Wildman–Crippen MR) is 99.6 cm³/mol. The molecule has 0 spiro atoms. The number of benzene rings is 2. The highest BCUT2D eigenvalue weighted by atomic mass is 32.2. The second kappa shape index (κ2) is 8.02. The number of carbonyl (C=O) groups excluding carboxylic acids is 1. The van der Waals surface area contributed by atoms with E-state index >= 15 is 0 Å². The van der Waals surface area contributed by atoms with Crippen LogP contribution >= 0.6 is 0 Å². The summed E-state index contributed by atoms with van der Waals surface area (Å²) in [6.07, 6.45) is 1.96. The van der Waals surface area contributed by atoms with Crippen LogP contribution in [0.25, 0.3) is 0 Å². The third-order valence-electron chi connectivity index (χ3n) is 3.74. The molecule has 134 valence electrons. The zero-order chi connectivity index (χ0) is 18.4. The van der Waals surface area contributed by atoms with Crippen LogP contribution in [-0.2, 0) is 21.2 Å². The lowest BCUT2D eigenvalue weighted by atomic mass is 10.1. The first-order valence-electron chi connectivity index (χ1n) is 7.85. The molecular weight excluding hydrogens is 340 g/mol. The molecule has 0 aliphatic carbocycles. The Balaban J connectivity index is 1.94. The fraction of sp³-hybridized carbons (Fsp3) is 0.278. The molecule has 0 aliphatic heterocycles. The first-order valence-corrected chi connectivity index (χ1v) is 9.70. The summed E-state index contributed by atoms with van der Waals surface area (Å²) >= 11 is 0. The standard InChI is InChI=1S/C18H22N2O4S/c1-4-14-7-5-6-8-17(14)19-18(21)13-24-16-11-9-15(10-12-16)20(2)25(3,22)23/h5-12H,4,13H2,1-3H3,(H,19,21). The van der Waals surface area contributed by atoms with Gasteiger partial charge in [-0.3, -0.25) is 9.10 Å². The summed E-state index contributed by atoms with van der Waals surface area (Å²) in [6.45, 7) is 1.90. The van der Waals surface area contributed by atoms with Crippen molar-refractivity contribution in [3.8, 4) is 5.75 Å². The van der Waals surface area contributed by atoms with Gasteiger partial charge in [0.1, 0.15) is 5.75 Å². The quantitative estimate of drug-likeness (QED) is 0.822. The molecule has 2 aromatic carbocycles. The van der Waals surface area contributed by atoms with Crippen molar-refractivity contribution in [1.82, 2.24) is 0 Å². The molecule has 2 rings (SSSR count). The maximum atomic E-state index is 12.0. The smallest absolute Gasteiger partial charge is 0.262 e. The van der Waals surface area contributed by atoms with Crippen molar-refractivity contribution in [2.75, 3.05) is 29.5 Å². The van der Waals surface area contributed by atoms with Crippen LogP contribution in [0.1, 0.15) is 12.5 Å². The van der Waals surface area contributed by atoms with E-state index in [0.717, 1.165) is 23.9 Å². The normalized spacial score (nSPS) is 11.0. The van der Waals surface area contributed by atoms with Crippen LogP contribution in [0.4, 0.5) is 11.4 Å². The molecule has 1 amide bonds. The minimum Gasteiger partial charge on any atom is -0.484 e. The molecule has 0 unspecified atom stereocenters. The predicted octanol–water partition coefficient (Wildman–Crippen LogP) is 2.66. The van der Waals surface area contributed by atoms with Gasteiger partial charge in [0, 0.05) is 12.7 Å². The van der Waals surface area contributed by atoms with Gasteiger partial charge in [0.25, 0.3) is 5.91 Å². The lowest BCUT2D eigenvalue weighted by Gasteiger charge is -2.17. The van der Waals surface area contributed by atoms with Gasteiger partial charge in [0.2, 0.25) is 10.0 Å². The molecule has 0 heterocycles. The van der Waals surface area contributed by atoms with Crippen LogP contribution in [0.15, 0.2) is 48.5 Å². The van der Waals surface area contributed by atoms with Crippen molar-refractivity contribution < 1.29 is 17.9 Å². The number of anilines is 2. The molecule has 0 aliphatic rings. The number of amides is 1. The summed E-state index contributed by atoms with van der Waals surface area (Å²) in [4.78, 5) is 12.0. The van der Waals surface area contributed by atoms with Gasteiger partial charge in [-0.05, 0) is 42.3 Å². The highest BCUT2D eigenvalue weighted by molar-refractivity contribution is 7.92. The number of ether oxygens (including phenoxy) is 1. The molecule has 0 bridgehead atoms. The monoisotopic (exact) mass is 362 g/mol. The van der Waals surface area contributed by atoms with Gasteiger partial charge in [-0.1, -0.05) is 25.1 Å². The summed E-state index contributed by atoms with van der Waals surface area (Å²) in [5, 5.41) is 2.83. The van der Waals surface area contributed by atoms with E-state index in [1.165, 1.54) is 11.4 Å². The van der Waals surface area contributed by atoms with E-state index in [1.54, 1.807) is 24.3 Å². The van der Waals surface area contributed by atoms with Gasteiger partial charge in [-0.15, -0.1) is 0 Å². The summed E-state index contributed by atoms with van der Waals surface area (Å²) < 4.78 is 29.6. The Morgan fingerprint density at radius 3 is 2.36 bits per heavy atom. The van der Waals surface area contributed by atoms with Crippen LogP contribution in [0, 0.1) is 0 Å².